The zero-order valence-corrected chi connectivity index (χ0v) is 9.89. The SMILES string of the molecule is C=C(C(C)CC)C(F)(F)C(F)(F)C(F)(F)C(F)(F)F. The van der Waals surface area contributed by atoms with Crippen LogP contribution in [0.25, 0.3) is 0 Å². The Labute approximate surface area is 103 Å². The maximum absolute atomic E-state index is 13.2. The molecule has 0 aliphatic rings. The van der Waals surface area contributed by atoms with Gasteiger partial charge < -0.3 is 0 Å². The molecule has 0 bridgehead atoms. The number of allylic oxidation sites excluding steroid dienone is 1. The van der Waals surface area contributed by atoms with E-state index in [4.69, 9.17) is 0 Å². The fourth-order valence-electron chi connectivity index (χ4n) is 1.13. The Hall–Kier alpha value is -0.890. The summed E-state index contributed by atoms with van der Waals surface area (Å²) in [5, 5.41) is 0. The minimum Gasteiger partial charge on any atom is -0.194 e. The first-order valence-electron chi connectivity index (χ1n) is 5.04. The van der Waals surface area contributed by atoms with Crippen LogP contribution in [0.4, 0.5) is 39.5 Å². The van der Waals surface area contributed by atoms with E-state index in [-0.39, 0.29) is 6.42 Å². The highest BCUT2D eigenvalue weighted by Crippen LogP contribution is 2.55. The Balaban J connectivity index is 5.71. The van der Waals surface area contributed by atoms with Crippen molar-refractivity contribution in [2.24, 2.45) is 5.92 Å². The van der Waals surface area contributed by atoms with Gasteiger partial charge in [0.1, 0.15) is 0 Å². The summed E-state index contributed by atoms with van der Waals surface area (Å²) in [6.07, 6.45) is -6.96. The molecule has 0 spiro atoms. The van der Waals surface area contributed by atoms with Crippen LogP contribution in [0.5, 0.6) is 0 Å². The summed E-state index contributed by atoms with van der Waals surface area (Å²) >= 11 is 0. The van der Waals surface area contributed by atoms with Crippen molar-refractivity contribution in [1.82, 2.24) is 0 Å². The molecule has 19 heavy (non-hydrogen) atoms. The first-order valence-corrected chi connectivity index (χ1v) is 5.04. The topological polar surface area (TPSA) is 0 Å². The normalized spacial score (nSPS) is 16.4. The van der Waals surface area contributed by atoms with Crippen molar-refractivity contribution in [3.63, 3.8) is 0 Å². The first-order chi connectivity index (χ1) is 8.14. The molecule has 0 radical (unpaired) electrons. The predicted molar refractivity (Wildman–Crippen MR) is 49.5 cm³/mol. The van der Waals surface area contributed by atoms with Crippen LogP contribution in [-0.2, 0) is 0 Å². The molecule has 1 atom stereocenters. The van der Waals surface area contributed by atoms with Crippen LogP contribution in [0.1, 0.15) is 20.3 Å². The van der Waals surface area contributed by atoms with Crippen molar-refractivity contribution in [2.75, 3.05) is 0 Å². The van der Waals surface area contributed by atoms with Crippen LogP contribution in [-0.4, -0.2) is 23.9 Å². The zero-order chi connectivity index (χ0) is 15.9. The number of rotatable bonds is 5. The van der Waals surface area contributed by atoms with Gasteiger partial charge in [0.05, 0.1) is 0 Å². The van der Waals surface area contributed by atoms with E-state index in [1.54, 1.807) is 0 Å². The van der Waals surface area contributed by atoms with Crippen molar-refractivity contribution < 1.29 is 39.5 Å². The quantitative estimate of drug-likeness (QED) is 0.492. The van der Waals surface area contributed by atoms with E-state index in [1.165, 1.54) is 6.92 Å². The minimum atomic E-state index is -6.86. The average Bonchev–Trinajstić information content (AvgIpc) is 2.24. The molecule has 0 aromatic carbocycles. The van der Waals surface area contributed by atoms with Crippen LogP contribution < -0.4 is 0 Å². The number of alkyl halides is 9. The Bertz CT molecular complexity index is 339. The third kappa shape index (κ3) is 2.69. The van der Waals surface area contributed by atoms with E-state index in [2.05, 4.69) is 6.58 Å². The van der Waals surface area contributed by atoms with E-state index in [9.17, 15) is 39.5 Å². The second-order valence-corrected chi connectivity index (χ2v) is 4.06. The van der Waals surface area contributed by atoms with E-state index < -0.39 is 35.4 Å². The third-order valence-electron chi connectivity index (χ3n) is 2.76. The maximum Gasteiger partial charge on any atom is 0.460 e. The lowest BCUT2D eigenvalue weighted by atomic mass is 9.88. The molecule has 9 heteroatoms. The molecule has 0 amide bonds. The van der Waals surface area contributed by atoms with Gasteiger partial charge in [-0.05, 0) is 12.3 Å². The second-order valence-electron chi connectivity index (χ2n) is 4.06. The molecule has 0 aromatic heterocycles. The Morgan fingerprint density at radius 1 is 0.895 bits per heavy atom. The molecule has 0 aliphatic carbocycles. The van der Waals surface area contributed by atoms with E-state index in [0.29, 0.717) is 0 Å². The third-order valence-corrected chi connectivity index (χ3v) is 2.76. The smallest absolute Gasteiger partial charge is 0.194 e. The van der Waals surface area contributed by atoms with Crippen LogP contribution in [0.2, 0.25) is 0 Å². The molecular weight excluding hydrogens is 291 g/mol. The summed E-state index contributed by atoms with van der Waals surface area (Å²) in [4.78, 5) is 0. The summed E-state index contributed by atoms with van der Waals surface area (Å²) in [6, 6.07) is 0. The van der Waals surface area contributed by atoms with Gasteiger partial charge in [-0.1, -0.05) is 20.4 Å². The zero-order valence-electron chi connectivity index (χ0n) is 9.89. The van der Waals surface area contributed by atoms with Gasteiger partial charge >= 0.3 is 23.9 Å². The first kappa shape index (κ1) is 18.1. The van der Waals surface area contributed by atoms with Crippen molar-refractivity contribution in [1.29, 1.82) is 0 Å². The maximum atomic E-state index is 13.2. The van der Waals surface area contributed by atoms with Gasteiger partial charge in [0.15, 0.2) is 0 Å². The van der Waals surface area contributed by atoms with E-state index in [0.717, 1.165) is 6.92 Å². The summed E-state index contributed by atoms with van der Waals surface area (Å²) in [7, 11) is 0. The summed E-state index contributed by atoms with van der Waals surface area (Å²) in [5.74, 6) is -20.5. The molecule has 1 unspecified atom stereocenters. The van der Waals surface area contributed by atoms with Crippen molar-refractivity contribution in [3.05, 3.63) is 12.2 Å². The lowest BCUT2D eigenvalue weighted by molar-refractivity contribution is -0.390. The molecule has 0 fully saturated rings. The van der Waals surface area contributed by atoms with Gasteiger partial charge in [0, 0.05) is 5.57 Å². The van der Waals surface area contributed by atoms with Gasteiger partial charge in [0.2, 0.25) is 0 Å². The number of halogens is 9. The Kier molecular flexibility index (Phi) is 4.67. The Morgan fingerprint density at radius 2 is 1.26 bits per heavy atom. The van der Waals surface area contributed by atoms with Crippen molar-refractivity contribution in [2.45, 2.75) is 44.2 Å². The number of hydrogen-bond acceptors (Lipinski definition) is 0. The van der Waals surface area contributed by atoms with Crippen molar-refractivity contribution in [3.8, 4) is 0 Å². The largest absolute Gasteiger partial charge is 0.460 e. The molecule has 0 heterocycles. The molecule has 0 saturated carbocycles. The summed E-state index contributed by atoms with van der Waals surface area (Å²) < 4.78 is 113. The second kappa shape index (κ2) is 4.90. The molecule has 0 nitrogen and oxygen atoms in total. The van der Waals surface area contributed by atoms with Gasteiger partial charge in [-0.25, -0.2) is 0 Å². The fourth-order valence-corrected chi connectivity index (χ4v) is 1.13. The molecule has 114 valence electrons. The monoisotopic (exact) mass is 302 g/mol. The number of hydrogen-bond donors (Lipinski definition) is 0. The van der Waals surface area contributed by atoms with E-state index in [1.807, 2.05) is 0 Å². The van der Waals surface area contributed by atoms with Gasteiger partial charge in [-0.15, -0.1) is 0 Å². The fraction of sp³-hybridized carbons (Fsp3) is 0.800. The molecule has 0 aliphatic heterocycles. The molecule has 0 saturated heterocycles. The van der Waals surface area contributed by atoms with Crippen LogP contribution >= 0.6 is 0 Å². The highest BCUT2D eigenvalue weighted by Gasteiger charge is 2.82. The minimum absolute atomic E-state index is 0.165. The van der Waals surface area contributed by atoms with Crippen LogP contribution in [0.15, 0.2) is 12.2 Å². The van der Waals surface area contributed by atoms with Crippen LogP contribution in [0, 0.1) is 5.92 Å². The van der Waals surface area contributed by atoms with E-state index >= 15 is 0 Å². The molecular formula is C10H11F9. The molecule has 0 aromatic rings. The highest BCUT2D eigenvalue weighted by atomic mass is 19.4. The lowest BCUT2D eigenvalue weighted by Gasteiger charge is -2.35. The summed E-state index contributed by atoms with van der Waals surface area (Å²) in [5.41, 5.74) is -1.66. The molecule has 0 N–H and O–H groups in total. The molecule has 0 rings (SSSR count). The highest BCUT2D eigenvalue weighted by molar-refractivity contribution is 5.19. The average molecular weight is 302 g/mol. The van der Waals surface area contributed by atoms with Gasteiger partial charge in [-0.3, -0.25) is 0 Å². The van der Waals surface area contributed by atoms with Gasteiger partial charge in [0.25, 0.3) is 0 Å². The predicted octanol–water partition coefficient (Wildman–Crippen LogP) is 5.06. The summed E-state index contributed by atoms with van der Waals surface area (Å²) in [6.45, 7) is 4.77. The van der Waals surface area contributed by atoms with Crippen molar-refractivity contribution >= 4 is 0 Å². The van der Waals surface area contributed by atoms with Gasteiger partial charge in [-0.2, -0.15) is 39.5 Å². The Morgan fingerprint density at radius 3 is 1.53 bits per heavy atom. The standard InChI is InChI=1S/C10H11F9/c1-4-5(2)6(3)7(11,12)8(13,14)9(15,16)10(17,18)19/h5H,3-4H2,1-2H3. The lowest BCUT2D eigenvalue weighted by Crippen LogP contribution is -2.61. The van der Waals surface area contributed by atoms with Crippen LogP contribution in [0.3, 0.4) is 0 Å².